The van der Waals surface area contributed by atoms with Gasteiger partial charge in [0, 0.05) is 11.3 Å². The number of anilines is 2. The number of carbonyl (C=O) groups is 1. The van der Waals surface area contributed by atoms with E-state index in [0.717, 1.165) is 16.8 Å². The van der Waals surface area contributed by atoms with Gasteiger partial charge in [-0.1, -0.05) is 11.2 Å². The molecule has 3 N–H and O–H groups in total. The maximum absolute atomic E-state index is 12.7. The number of hydrogen-bond acceptors (Lipinski definition) is 9. The van der Waals surface area contributed by atoms with E-state index in [1.54, 1.807) is 12.1 Å². The summed E-state index contributed by atoms with van der Waals surface area (Å²) in [6.07, 6.45) is 1.86. The van der Waals surface area contributed by atoms with Crippen LogP contribution in [0.15, 0.2) is 45.9 Å². The van der Waals surface area contributed by atoms with Crippen LogP contribution in [0.3, 0.4) is 0 Å². The molecule has 1 amide bonds. The van der Waals surface area contributed by atoms with Crippen LogP contribution < -0.4 is 20.5 Å². The second-order valence-corrected chi connectivity index (χ2v) is 8.56. The number of nitrogens with two attached hydrogens (primary N) is 1. The van der Waals surface area contributed by atoms with Gasteiger partial charge in [-0.05, 0) is 61.6 Å². The number of fused-ring (bicyclic) bond motifs is 1. The highest BCUT2D eigenvalue weighted by Gasteiger charge is 2.24. The number of hydrogen-bond donors (Lipinski definition) is 2. The number of aromatic nitrogens is 4. The molecule has 2 aromatic carbocycles. The number of amides is 1. The minimum Gasteiger partial charge on any atom is -0.454 e. The lowest BCUT2D eigenvalue weighted by Crippen LogP contribution is -2.20. The Balaban J connectivity index is 1.38. The van der Waals surface area contributed by atoms with Crippen molar-refractivity contribution in [3.05, 3.63) is 47.5 Å². The van der Waals surface area contributed by atoms with Crippen molar-refractivity contribution in [2.75, 3.05) is 24.1 Å². The van der Waals surface area contributed by atoms with Crippen LogP contribution in [0.1, 0.15) is 11.1 Å². The molecule has 0 atom stereocenters. The summed E-state index contributed by atoms with van der Waals surface area (Å²) in [7, 11) is 0. The minimum absolute atomic E-state index is 0.0600. The molecule has 0 radical (unpaired) electrons. The van der Waals surface area contributed by atoms with Crippen molar-refractivity contribution in [2.24, 2.45) is 0 Å². The summed E-state index contributed by atoms with van der Waals surface area (Å²) in [6.45, 7) is 4.14. The number of nitrogens with one attached hydrogen (secondary N) is 1. The van der Waals surface area contributed by atoms with Gasteiger partial charge in [0.05, 0.1) is 0 Å². The molecule has 11 heteroatoms. The summed E-state index contributed by atoms with van der Waals surface area (Å²) in [5, 5.41) is 12.0. The molecule has 1 aliphatic rings. The average Bonchev–Trinajstić information content (AvgIpc) is 3.55. The van der Waals surface area contributed by atoms with Gasteiger partial charge in [-0.3, -0.25) is 4.79 Å². The highest BCUT2D eigenvalue weighted by atomic mass is 32.2. The first kappa shape index (κ1) is 21.8. The first-order valence-corrected chi connectivity index (χ1v) is 11.7. The summed E-state index contributed by atoms with van der Waals surface area (Å²) in [4.78, 5) is 17.2. The zero-order valence-corrected chi connectivity index (χ0v) is 19.6. The minimum atomic E-state index is -0.247. The van der Waals surface area contributed by atoms with Crippen LogP contribution in [0.5, 0.6) is 11.5 Å². The molecule has 0 bridgehead atoms. The summed E-state index contributed by atoms with van der Waals surface area (Å²) in [6, 6.07) is 11.2. The maximum atomic E-state index is 12.7. The van der Waals surface area contributed by atoms with Gasteiger partial charge in [-0.2, -0.15) is 10.1 Å². The SMILES string of the molecule is CSc1nn(CC(=O)Nc2ccc(C)c(C)c2)c(N)c1-c1nc(-c2ccc3c(c2)OCO3)no1. The number of carbonyl (C=O) groups excluding carboxylic acids is 1. The fraction of sp³-hybridized carbons (Fsp3) is 0.217. The third kappa shape index (κ3) is 4.05. The Labute approximate surface area is 199 Å². The van der Waals surface area contributed by atoms with Crippen LogP contribution >= 0.6 is 11.8 Å². The Morgan fingerprint density at radius 3 is 2.76 bits per heavy atom. The van der Waals surface area contributed by atoms with Gasteiger partial charge in [0.1, 0.15) is 23.0 Å². The summed E-state index contributed by atoms with van der Waals surface area (Å²) in [5.74, 6) is 1.90. The van der Waals surface area contributed by atoms with Crippen LogP contribution in [-0.2, 0) is 11.3 Å². The number of nitrogen functional groups attached to an aromatic ring is 1. The van der Waals surface area contributed by atoms with Crippen LogP contribution in [0.4, 0.5) is 11.5 Å². The predicted octanol–water partition coefficient (Wildman–Crippen LogP) is 3.89. The quantitative estimate of drug-likeness (QED) is 0.396. The molecular formula is C23H22N6O4S. The number of rotatable bonds is 6. The van der Waals surface area contributed by atoms with Gasteiger partial charge in [-0.25, -0.2) is 4.68 Å². The molecule has 0 unspecified atom stereocenters. The number of ether oxygens (including phenoxy) is 2. The second kappa shape index (κ2) is 8.75. The van der Waals surface area contributed by atoms with Gasteiger partial charge in [-0.15, -0.1) is 11.8 Å². The highest BCUT2D eigenvalue weighted by molar-refractivity contribution is 7.98. The smallest absolute Gasteiger partial charge is 0.264 e. The largest absolute Gasteiger partial charge is 0.454 e. The van der Waals surface area contributed by atoms with E-state index in [0.29, 0.717) is 33.5 Å². The fourth-order valence-corrected chi connectivity index (χ4v) is 4.13. The topological polar surface area (TPSA) is 130 Å². The van der Waals surface area contributed by atoms with Crippen LogP contribution in [0.2, 0.25) is 0 Å². The van der Waals surface area contributed by atoms with Gasteiger partial charge in [0.15, 0.2) is 11.5 Å². The van der Waals surface area contributed by atoms with E-state index in [2.05, 4.69) is 20.6 Å². The van der Waals surface area contributed by atoms with E-state index >= 15 is 0 Å². The first-order chi connectivity index (χ1) is 16.4. The number of thioether (sulfide) groups is 1. The lowest BCUT2D eigenvalue weighted by molar-refractivity contribution is -0.116. The Bertz CT molecular complexity index is 1400. The zero-order chi connectivity index (χ0) is 23.8. The lowest BCUT2D eigenvalue weighted by Gasteiger charge is -2.08. The van der Waals surface area contributed by atoms with Crippen molar-refractivity contribution in [3.63, 3.8) is 0 Å². The van der Waals surface area contributed by atoms with Crippen LogP contribution in [-0.4, -0.2) is 38.9 Å². The molecule has 5 rings (SSSR count). The normalized spacial score (nSPS) is 12.2. The van der Waals surface area contributed by atoms with Gasteiger partial charge < -0.3 is 25.0 Å². The van der Waals surface area contributed by atoms with E-state index in [1.165, 1.54) is 16.4 Å². The number of benzene rings is 2. The van der Waals surface area contributed by atoms with E-state index in [-0.39, 0.29) is 31.0 Å². The Morgan fingerprint density at radius 2 is 1.97 bits per heavy atom. The van der Waals surface area contributed by atoms with Crippen LogP contribution in [0, 0.1) is 13.8 Å². The zero-order valence-electron chi connectivity index (χ0n) is 18.8. The van der Waals surface area contributed by atoms with E-state index in [9.17, 15) is 4.79 Å². The molecule has 4 aromatic rings. The second-order valence-electron chi connectivity index (χ2n) is 7.77. The van der Waals surface area contributed by atoms with E-state index < -0.39 is 0 Å². The van der Waals surface area contributed by atoms with Crippen molar-refractivity contribution in [1.29, 1.82) is 0 Å². The molecule has 0 fully saturated rings. The van der Waals surface area contributed by atoms with Crippen molar-refractivity contribution >= 4 is 29.2 Å². The standard InChI is InChI=1S/C23H22N6O4S/c1-12-4-6-15(8-13(12)2)25-18(30)10-29-20(24)19(23(27-29)34-3)22-26-21(28-33-22)14-5-7-16-17(9-14)32-11-31-16/h4-9H,10-11,24H2,1-3H3,(H,25,30). The molecule has 1 aliphatic heterocycles. The van der Waals surface area contributed by atoms with E-state index in [1.807, 2.05) is 44.4 Å². The highest BCUT2D eigenvalue weighted by Crippen LogP contribution is 2.37. The summed E-state index contributed by atoms with van der Waals surface area (Å²) >= 11 is 1.37. The average molecular weight is 479 g/mol. The summed E-state index contributed by atoms with van der Waals surface area (Å²) in [5.41, 5.74) is 10.5. The summed E-state index contributed by atoms with van der Waals surface area (Å²) < 4.78 is 17.7. The Kier molecular flexibility index (Phi) is 5.62. The molecule has 2 aromatic heterocycles. The van der Waals surface area contributed by atoms with Gasteiger partial charge in [0.25, 0.3) is 5.89 Å². The van der Waals surface area contributed by atoms with Crippen molar-refractivity contribution < 1.29 is 18.8 Å². The fourth-order valence-electron chi connectivity index (χ4n) is 3.55. The lowest BCUT2D eigenvalue weighted by atomic mass is 10.1. The van der Waals surface area contributed by atoms with Crippen molar-refractivity contribution in [3.8, 4) is 34.3 Å². The molecule has 0 saturated heterocycles. The molecule has 3 heterocycles. The Hall–Kier alpha value is -3.99. The number of aryl methyl sites for hydroxylation is 2. The third-order valence-corrected chi connectivity index (χ3v) is 6.18. The van der Waals surface area contributed by atoms with Crippen molar-refractivity contribution in [1.82, 2.24) is 19.9 Å². The first-order valence-electron chi connectivity index (χ1n) is 10.4. The van der Waals surface area contributed by atoms with Crippen LogP contribution in [0.25, 0.3) is 22.8 Å². The molecule has 0 aliphatic carbocycles. The van der Waals surface area contributed by atoms with E-state index in [4.69, 9.17) is 19.7 Å². The molecule has 174 valence electrons. The Morgan fingerprint density at radius 1 is 1.15 bits per heavy atom. The predicted molar refractivity (Wildman–Crippen MR) is 128 cm³/mol. The monoisotopic (exact) mass is 478 g/mol. The third-order valence-electron chi connectivity index (χ3n) is 5.51. The van der Waals surface area contributed by atoms with Crippen molar-refractivity contribution in [2.45, 2.75) is 25.4 Å². The molecule has 0 spiro atoms. The molecule has 34 heavy (non-hydrogen) atoms. The molecular weight excluding hydrogens is 456 g/mol. The van der Waals surface area contributed by atoms with Gasteiger partial charge >= 0.3 is 0 Å². The molecule has 10 nitrogen and oxygen atoms in total. The maximum Gasteiger partial charge on any atom is 0.264 e. The van der Waals surface area contributed by atoms with Gasteiger partial charge in [0.2, 0.25) is 18.5 Å². The molecule has 0 saturated carbocycles. The number of nitrogens with zero attached hydrogens (tertiary/aromatic N) is 4.